The van der Waals surface area contributed by atoms with Gasteiger partial charge in [-0.25, -0.2) is 0 Å². The molecule has 0 bridgehead atoms. The molecule has 0 saturated carbocycles. The lowest BCUT2D eigenvalue weighted by Gasteiger charge is -2.12. The summed E-state index contributed by atoms with van der Waals surface area (Å²) in [6.07, 6.45) is 3.11. The summed E-state index contributed by atoms with van der Waals surface area (Å²) >= 11 is 6.16. The van der Waals surface area contributed by atoms with Crippen LogP contribution in [0.3, 0.4) is 0 Å². The molecule has 1 N–H and O–H groups in total. The first-order valence-corrected chi connectivity index (χ1v) is 7.37. The van der Waals surface area contributed by atoms with E-state index in [-0.39, 0.29) is 11.9 Å². The molecule has 6 heteroatoms. The van der Waals surface area contributed by atoms with Gasteiger partial charge in [0, 0.05) is 19.2 Å². The minimum atomic E-state index is -0.200. The molecule has 1 unspecified atom stereocenters. The first kappa shape index (κ1) is 18.3. The first-order chi connectivity index (χ1) is 10.5. The minimum Gasteiger partial charge on any atom is -0.491 e. The van der Waals surface area contributed by atoms with Crippen molar-refractivity contribution in [2.24, 2.45) is 0 Å². The van der Waals surface area contributed by atoms with Crippen LogP contribution in [-0.2, 0) is 9.53 Å². The molecule has 122 valence electrons. The second-order valence-electron chi connectivity index (χ2n) is 4.67. The zero-order chi connectivity index (χ0) is 16.5. The predicted molar refractivity (Wildman–Crippen MR) is 87.7 cm³/mol. The summed E-state index contributed by atoms with van der Waals surface area (Å²) in [6.45, 7) is 4.70. The monoisotopic (exact) mass is 327 g/mol. The molecule has 0 aliphatic carbocycles. The lowest BCUT2D eigenvalue weighted by Crippen LogP contribution is -2.34. The molecule has 1 aromatic carbocycles. The van der Waals surface area contributed by atoms with Crippen molar-refractivity contribution in [2.45, 2.75) is 19.9 Å². The zero-order valence-corrected chi connectivity index (χ0v) is 14.1. The number of halogens is 1. The molecular weight excluding hydrogens is 306 g/mol. The maximum absolute atomic E-state index is 11.8. The fourth-order valence-corrected chi connectivity index (χ4v) is 2.20. The number of benzene rings is 1. The van der Waals surface area contributed by atoms with Crippen LogP contribution in [0.25, 0.3) is 6.08 Å². The van der Waals surface area contributed by atoms with Crippen molar-refractivity contribution in [1.29, 1.82) is 0 Å². The average Bonchev–Trinajstić information content (AvgIpc) is 2.45. The Bertz CT molecular complexity index is 531. The Hall–Kier alpha value is -1.72. The van der Waals surface area contributed by atoms with E-state index in [0.29, 0.717) is 29.7 Å². The molecule has 0 saturated heterocycles. The van der Waals surface area contributed by atoms with E-state index in [2.05, 4.69) is 5.32 Å². The van der Waals surface area contributed by atoms with E-state index in [0.717, 1.165) is 5.56 Å². The highest BCUT2D eigenvalue weighted by atomic mass is 35.5. The number of nitrogens with one attached hydrogen (secondary N) is 1. The Labute approximate surface area is 136 Å². The van der Waals surface area contributed by atoms with Gasteiger partial charge in [-0.15, -0.1) is 0 Å². The molecule has 1 rings (SSSR count). The van der Waals surface area contributed by atoms with Gasteiger partial charge in [-0.1, -0.05) is 11.6 Å². The summed E-state index contributed by atoms with van der Waals surface area (Å²) < 4.78 is 15.7. The fourth-order valence-electron chi connectivity index (χ4n) is 1.90. The van der Waals surface area contributed by atoms with Gasteiger partial charge < -0.3 is 19.5 Å². The predicted octanol–water partition coefficient (Wildman–Crippen LogP) is 2.91. The summed E-state index contributed by atoms with van der Waals surface area (Å²) in [6, 6.07) is 3.43. The number of amides is 1. The number of ether oxygens (including phenoxy) is 3. The summed E-state index contributed by atoms with van der Waals surface area (Å²) in [5.41, 5.74) is 0.754. The molecule has 0 aliphatic heterocycles. The van der Waals surface area contributed by atoms with E-state index in [1.165, 1.54) is 13.2 Å². The van der Waals surface area contributed by atoms with Gasteiger partial charge in [0.1, 0.15) is 0 Å². The van der Waals surface area contributed by atoms with E-state index in [4.69, 9.17) is 25.8 Å². The molecule has 0 fully saturated rings. The van der Waals surface area contributed by atoms with Gasteiger partial charge in [0.05, 0.1) is 25.3 Å². The quantitative estimate of drug-likeness (QED) is 0.746. The summed E-state index contributed by atoms with van der Waals surface area (Å²) in [5, 5.41) is 3.22. The smallest absolute Gasteiger partial charge is 0.244 e. The Morgan fingerprint density at radius 3 is 2.73 bits per heavy atom. The molecule has 1 amide bonds. The van der Waals surface area contributed by atoms with Gasteiger partial charge in [0.25, 0.3) is 0 Å². The van der Waals surface area contributed by atoms with E-state index in [1.54, 1.807) is 25.3 Å². The van der Waals surface area contributed by atoms with Gasteiger partial charge in [-0.3, -0.25) is 4.79 Å². The molecule has 0 spiro atoms. The van der Waals surface area contributed by atoms with Gasteiger partial charge >= 0.3 is 0 Å². The maximum atomic E-state index is 11.8. The van der Waals surface area contributed by atoms with Crippen LogP contribution in [-0.4, -0.2) is 39.4 Å². The Balaban J connectivity index is 2.84. The summed E-state index contributed by atoms with van der Waals surface area (Å²) in [4.78, 5) is 11.8. The minimum absolute atomic E-state index is 0.0550. The topological polar surface area (TPSA) is 56.8 Å². The molecule has 1 aromatic rings. The molecule has 1 atom stereocenters. The van der Waals surface area contributed by atoms with Gasteiger partial charge in [0.15, 0.2) is 11.5 Å². The molecule has 0 radical (unpaired) electrons. The molecule has 0 heterocycles. The van der Waals surface area contributed by atoms with Crippen LogP contribution < -0.4 is 14.8 Å². The van der Waals surface area contributed by atoms with Crippen LogP contribution in [0.5, 0.6) is 11.5 Å². The molecular formula is C16H22ClNO4. The number of methoxy groups -OCH3 is 2. The maximum Gasteiger partial charge on any atom is 0.244 e. The van der Waals surface area contributed by atoms with Crippen molar-refractivity contribution in [2.75, 3.05) is 27.4 Å². The van der Waals surface area contributed by atoms with Crippen molar-refractivity contribution in [1.82, 2.24) is 5.32 Å². The number of hydrogen-bond acceptors (Lipinski definition) is 4. The summed E-state index contributed by atoms with van der Waals surface area (Å²) in [5.74, 6) is 0.832. The number of carbonyl (C=O) groups excluding carboxylic acids is 1. The lowest BCUT2D eigenvalue weighted by molar-refractivity contribution is -0.117. The lowest BCUT2D eigenvalue weighted by atomic mass is 10.2. The third kappa shape index (κ3) is 5.58. The number of carbonyl (C=O) groups is 1. The molecule has 0 aromatic heterocycles. The second-order valence-corrected chi connectivity index (χ2v) is 5.07. The highest BCUT2D eigenvalue weighted by Crippen LogP contribution is 2.36. The first-order valence-electron chi connectivity index (χ1n) is 6.99. The second kappa shape index (κ2) is 9.33. The van der Waals surface area contributed by atoms with Gasteiger partial charge in [-0.2, -0.15) is 0 Å². The van der Waals surface area contributed by atoms with Crippen molar-refractivity contribution >= 4 is 23.6 Å². The van der Waals surface area contributed by atoms with Crippen molar-refractivity contribution in [3.63, 3.8) is 0 Å². The van der Waals surface area contributed by atoms with E-state index >= 15 is 0 Å². The van der Waals surface area contributed by atoms with Crippen LogP contribution in [0, 0.1) is 0 Å². The SMILES string of the molecule is CCOc1cc(/C=C/C(=O)NC(C)COC)cc(Cl)c1OC. The molecule has 22 heavy (non-hydrogen) atoms. The summed E-state index contributed by atoms with van der Waals surface area (Å²) in [7, 11) is 3.12. The highest BCUT2D eigenvalue weighted by molar-refractivity contribution is 6.32. The largest absolute Gasteiger partial charge is 0.491 e. The van der Waals surface area contributed by atoms with E-state index in [9.17, 15) is 4.79 Å². The number of rotatable bonds is 8. The Kier molecular flexibility index (Phi) is 7.77. The Morgan fingerprint density at radius 2 is 2.14 bits per heavy atom. The van der Waals surface area contributed by atoms with E-state index in [1.807, 2.05) is 13.8 Å². The fraction of sp³-hybridized carbons (Fsp3) is 0.438. The molecule has 0 aliphatic rings. The van der Waals surface area contributed by atoms with Gasteiger partial charge in [0.2, 0.25) is 5.91 Å². The van der Waals surface area contributed by atoms with Crippen LogP contribution in [0.2, 0.25) is 5.02 Å². The third-order valence-corrected chi connectivity index (χ3v) is 3.05. The van der Waals surface area contributed by atoms with Crippen molar-refractivity contribution in [3.05, 3.63) is 28.8 Å². The van der Waals surface area contributed by atoms with Crippen LogP contribution in [0.15, 0.2) is 18.2 Å². The Morgan fingerprint density at radius 1 is 1.41 bits per heavy atom. The average molecular weight is 328 g/mol. The standard InChI is InChI=1S/C16H22ClNO4/c1-5-22-14-9-12(8-13(17)16(14)21-4)6-7-15(19)18-11(2)10-20-3/h6-9,11H,5,10H2,1-4H3,(H,18,19)/b7-6+. The molecule has 5 nitrogen and oxygen atoms in total. The normalized spacial score (nSPS) is 12.2. The van der Waals surface area contributed by atoms with Crippen molar-refractivity contribution < 1.29 is 19.0 Å². The third-order valence-electron chi connectivity index (χ3n) is 2.77. The van der Waals surface area contributed by atoms with Crippen molar-refractivity contribution in [3.8, 4) is 11.5 Å². The van der Waals surface area contributed by atoms with Crippen LogP contribution in [0.1, 0.15) is 19.4 Å². The number of hydrogen-bond donors (Lipinski definition) is 1. The van der Waals surface area contributed by atoms with Gasteiger partial charge in [-0.05, 0) is 37.6 Å². The van der Waals surface area contributed by atoms with Crippen LogP contribution >= 0.6 is 11.6 Å². The van der Waals surface area contributed by atoms with E-state index < -0.39 is 0 Å². The highest BCUT2D eigenvalue weighted by Gasteiger charge is 2.10. The zero-order valence-electron chi connectivity index (χ0n) is 13.3. The van der Waals surface area contributed by atoms with Crippen LogP contribution in [0.4, 0.5) is 0 Å².